The molecule has 6 aliphatic rings. The summed E-state index contributed by atoms with van der Waals surface area (Å²) < 4.78 is 0. The van der Waals surface area contributed by atoms with Crippen LogP contribution in [0.4, 0.5) is 11.4 Å². The fourth-order valence-corrected chi connectivity index (χ4v) is 10.3. The molecule has 0 spiro atoms. The first-order valence-electron chi connectivity index (χ1n) is 21.5. The average Bonchev–Trinajstić information content (AvgIpc) is 4.05. The molecule has 0 aromatic heterocycles. The molecule has 10 rings (SSSR count). The van der Waals surface area contributed by atoms with Crippen molar-refractivity contribution in [2.24, 2.45) is 0 Å². The van der Waals surface area contributed by atoms with Gasteiger partial charge in [-0.05, 0) is 133 Å². The summed E-state index contributed by atoms with van der Waals surface area (Å²) in [6.07, 6.45) is 13.0. The van der Waals surface area contributed by atoms with Crippen LogP contribution in [0.3, 0.4) is 0 Å². The Balaban J connectivity index is 0.000000240. The molecule has 324 valence electrons. The Kier molecular flexibility index (Phi) is 19.6. The normalized spacial score (nSPS) is 20.2. The second-order valence-corrected chi connectivity index (χ2v) is 16.8. The molecule has 2 heterocycles. The highest BCUT2D eigenvalue weighted by Crippen LogP contribution is 2.37. The van der Waals surface area contributed by atoms with Gasteiger partial charge in [0.2, 0.25) is 0 Å². The van der Waals surface area contributed by atoms with Gasteiger partial charge in [0.25, 0.3) is 0 Å². The molecule has 2 saturated heterocycles. The maximum Gasteiger partial charge on any atom is 0.0367 e. The van der Waals surface area contributed by atoms with Crippen LogP contribution in [0, 0.1) is 0 Å². The average molecular weight is 887 g/mol. The predicted octanol–water partition coefficient (Wildman–Crippen LogP) is 8.01. The largest absolute Gasteiger partial charge is 0.412 e. The molecule has 0 radical (unpaired) electrons. The summed E-state index contributed by atoms with van der Waals surface area (Å²) in [5.74, 6) is 0. The van der Waals surface area contributed by atoms with Crippen LogP contribution in [0.15, 0.2) is 84.9 Å². The van der Waals surface area contributed by atoms with E-state index in [1.807, 2.05) is 0 Å². The van der Waals surface area contributed by atoms with Gasteiger partial charge in [-0.25, -0.2) is 0 Å². The number of piperazine rings is 2. The van der Waals surface area contributed by atoms with Crippen molar-refractivity contribution in [2.45, 2.75) is 76.3 Å². The number of halogens is 4. The molecule has 4 aromatic rings. The molecule has 11 heteroatoms. The number of aryl methyl sites for hydroxylation is 6. The molecular formula is C48H68Cl4N6O. The van der Waals surface area contributed by atoms with E-state index in [0.29, 0.717) is 12.1 Å². The second kappa shape index (κ2) is 23.6. The van der Waals surface area contributed by atoms with Crippen LogP contribution in [0.25, 0.3) is 0 Å². The quantitative estimate of drug-likeness (QED) is 0.168. The van der Waals surface area contributed by atoms with Crippen LogP contribution in [-0.4, -0.2) is 93.8 Å². The molecule has 0 bridgehead atoms. The van der Waals surface area contributed by atoms with Gasteiger partial charge in [-0.2, -0.15) is 0 Å². The number of hydrogen-bond donors (Lipinski definition) is 2. The van der Waals surface area contributed by atoms with Gasteiger partial charge in [-0.15, -0.1) is 49.6 Å². The molecule has 7 nitrogen and oxygen atoms in total. The van der Waals surface area contributed by atoms with Gasteiger partial charge in [0.05, 0.1) is 0 Å². The fraction of sp³-hybridized carbons (Fsp3) is 0.500. The number of fused-ring (bicyclic) bond motifs is 4. The van der Waals surface area contributed by atoms with Crippen LogP contribution < -0.4 is 20.4 Å². The van der Waals surface area contributed by atoms with Crippen LogP contribution in [0.1, 0.15) is 82.3 Å². The van der Waals surface area contributed by atoms with Gasteiger partial charge >= 0.3 is 0 Å². The number of nitrogens with one attached hydrogen (secondary N) is 2. The van der Waals surface area contributed by atoms with Crippen molar-refractivity contribution in [3.05, 3.63) is 129 Å². The third-order valence-electron chi connectivity index (χ3n) is 13.5. The molecular weight excluding hydrogens is 818 g/mol. The summed E-state index contributed by atoms with van der Waals surface area (Å²) in [5, 5.41) is 7.73. The number of para-hydroxylation sites is 2. The van der Waals surface area contributed by atoms with Crippen LogP contribution in [-0.2, 0) is 38.5 Å². The van der Waals surface area contributed by atoms with Crippen LogP contribution >= 0.6 is 49.6 Å². The minimum atomic E-state index is 0. The Hall–Kier alpha value is -2.56. The summed E-state index contributed by atoms with van der Waals surface area (Å²) in [5.41, 5.74) is 15.7. The van der Waals surface area contributed by atoms with E-state index in [0.717, 1.165) is 39.3 Å². The zero-order valence-electron chi connectivity index (χ0n) is 34.7. The molecule has 0 saturated carbocycles. The number of rotatable bonds is 10. The van der Waals surface area contributed by atoms with E-state index >= 15 is 0 Å². The molecule has 4 aromatic carbocycles. The zero-order chi connectivity index (χ0) is 36.1. The van der Waals surface area contributed by atoms with Crippen molar-refractivity contribution in [2.75, 3.05) is 88.3 Å². The third-order valence-corrected chi connectivity index (χ3v) is 13.5. The van der Waals surface area contributed by atoms with Crippen LogP contribution in [0.5, 0.6) is 0 Å². The van der Waals surface area contributed by atoms with Crippen molar-refractivity contribution in [3.63, 3.8) is 0 Å². The summed E-state index contributed by atoms with van der Waals surface area (Å²) >= 11 is 0. The van der Waals surface area contributed by atoms with E-state index in [4.69, 9.17) is 0 Å². The Morgan fingerprint density at radius 2 is 0.780 bits per heavy atom. The Morgan fingerprint density at radius 1 is 0.424 bits per heavy atom. The third kappa shape index (κ3) is 11.9. The van der Waals surface area contributed by atoms with E-state index in [-0.39, 0.29) is 55.1 Å². The van der Waals surface area contributed by atoms with Gasteiger partial charge in [0.15, 0.2) is 0 Å². The summed E-state index contributed by atoms with van der Waals surface area (Å²) in [4.78, 5) is 10.3. The second-order valence-electron chi connectivity index (χ2n) is 16.8. The van der Waals surface area contributed by atoms with Gasteiger partial charge < -0.3 is 25.9 Å². The standard InChI is InChI=1S/2C24H31N3.4ClH.H2O/c2*1-2-7-22(8-3-1)27-15-13-26(14-16-27)12-11-25-24-10-9-21-17-19-5-4-6-20(19)18-23(21)24;;;;;/h2*1-3,7-8,17-18,24-25H,4-6,9-16H2;4*1H;1H2. The molecule has 2 atom stereocenters. The Morgan fingerprint density at radius 3 is 1.15 bits per heavy atom. The minimum Gasteiger partial charge on any atom is -0.412 e. The molecule has 2 fully saturated rings. The monoisotopic (exact) mass is 884 g/mol. The maximum absolute atomic E-state index is 3.86. The van der Waals surface area contributed by atoms with Gasteiger partial charge in [0.1, 0.15) is 0 Å². The molecule has 4 N–H and O–H groups in total. The number of anilines is 2. The van der Waals surface area contributed by atoms with E-state index in [1.54, 1.807) is 44.5 Å². The lowest BCUT2D eigenvalue weighted by molar-refractivity contribution is 0.254. The van der Waals surface area contributed by atoms with Gasteiger partial charge in [-0.3, -0.25) is 9.80 Å². The topological polar surface area (TPSA) is 68.5 Å². The lowest BCUT2D eigenvalue weighted by atomic mass is 10.0. The Labute approximate surface area is 379 Å². The lowest BCUT2D eigenvalue weighted by Crippen LogP contribution is -2.48. The van der Waals surface area contributed by atoms with E-state index in [2.05, 4.69) is 115 Å². The lowest BCUT2D eigenvalue weighted by Gasteiger charge is -2.36. The van der Waals surface area contributed by atoms with E-state index < -0.39 is 0 Å². The van der Waals surface area contributed by atoms with Crippen molar-refractivity contribution in [1.29, 1.82) is 0 Å². The first-order valence-corrected chi connectivity index (χ1v) is 21.5. The van der Waals surface area contributed by atoms with E-state index in [9.17, 15) is 0 Å². The zero-order valence-corrected chi connectivity index (χ0v) is 38.0. The molecule has 2 unspecified atom stereocenters. The van der Waals surface area contributed by atoms with Crippen molar-refractivity contribution in [1.82, 2.24) is 20.4 Å². The first kappa shape index (κ1) is 49.1. The van der Waals surface area contributed by atoms with E-state index in [1.165, 1.54) is 115 Å². The highest BCUT2D eigenvalue weighted by atomic mass is 35.5. The molecule has 59 heavy (non-hydrogen) atoms. The SMILES string of the molecule is Cl.Cl.Cl.Cl.O.c1ccc(N2CCN(CCNC3CCc4cc5c(cc43)CCC5)CC2)cc1.c1ccc(N2CCN(CCNC3CCc4cc5c(cc43)CCC5)CC2)cc1. The van der Waals surface area contributed by atoms with Crippen molar-refractivity contribution in [3.8, 4) is 0 Å². The summed E-state index contributed by atoms with van der Waals surface area (Å²) in [6.45, 7) is 13.8. The van der Waals surface area contributed by atoms with Crippen LogP contribution in [0.2, 0.25) is 0 Å². The summed E-state index contributed by atoms with van der Waals surface area (Å²) in [6, 6.07) is 32.9. The maximum atomic E-state index is 3.86. The van der Waals surface area contributed by atoms with Gasteiger partial charge in [0, 0.05) is 102 Å². The minimum absolute atomic E-state index is 0. The molecule has 2 aliphatic heterocycles. The number of benzene rings is 4. The smallest absolute Gasteiger partial charge is 0.0367 e. The predicted molar refractivity (Wildman–Crippen MR) is 258 cm³/mol. The first-order chi connectivity index (χ1) is 26.7. The highest BCUT2D eigenvalue weighted by molar-refractivity contribution is 5.86. The Bertz CT molecular complexity index is 1720. The summed E-state index contributed by atoms with van der Waals surface area (Å²) in [7, 11) is 0. The van der Waals surface area contributed by atoms with Crippen molar-refractivity contribution >= 4 is 61.0 Å². The molecule has 4 aliphatic carbocycles. The van der Waals surface area contributed by atoms with Crippen molar-refractivity contribution < 1.29 is 5.48 Å². The fourth-order valence-electron chi connectivity index (χ4n) is 10.3. The molecule has 0 amide bonds. The van der Waals surface area contributed by atoms with Gasteiger partial charge in [-0.1, -0.05) is 60.7 Å². The number of hydrogen-bond acceptors (Lipinski definition) is 6. The highest BCUT2D eigenvalue weighted by Gasteiger charge is 2.27. The number of nitrogens with zero attached hydrogens (tertiary/aromatic N) is 4.